The molecular weight excluding hydrogens is 434 g/mol. The monoisotopic (exact) mass is 455 g/mol. The lowest BCUT2D eigenvalue weighted by Gasteiger charge is -2.09. The van der Waals surface area contributed by atoms with Crippen molar-refractivity contribution in [2.45, 2.75) is 49.6 Å². The molecule has 30 heavy (non-hydrogen) atoms. The Bertz CT molecular complexity index is 1290. The molecule has 0 unspecified atom stereocenters. The van der Waals surface area contributed by atoms with E-state index in [1.54, 1.807) is 23.1 Å². The first-order valence-corrected chi connectivity index (χ1v) is 12.5. The number of hydrogen-bond acceptors (Lipinski definition) is 8. The van der Waals surface area contributed by atoms with Gasteiger partial charge in [-0.15, -0.1) is 21.5 Å². The Kier molecular flexibility index (Phi) is 5.34. The highest BCUT2D eigenvalue weighted by Gasteiger charge is 2.20. The van der Waals surface area contributed by atoms with Crippen LogP contribution in [0.2, 0.25) is 0 Å². The number of aryl methyl sites for hydroxylation is 3. The number of thioether (sulfide) groups is 1. The van der Waals surface area contributed by atoms with Crippen LogP contribution in [0.4, 0.5) is 10.8 Å². The molecule has 0 spiro atoms. The number of hydrogen-bond donors (Lipinski definition) is 2. The molecule has 154 valence electrons. The molecule has 4 aromatic rings. The highest BCUT2D eigenvalue weighted by atomic mass is 32.2. The molecule has 2 N–H and O–H groups in total. The second-order valence-corrected chi connectivity index (χ2v) is 10.7. The van der Waals surface area contributed by atoms with Crippen LogP contribution in [0.25, 0.3) is 10.2 Å². The first kappa shape index (κ1) is 19.7. The van der Waals surface area contributed by atoms with E-state index in [4.69, 9.17) is 4.98 Å². The summed E-state index contributed by atoms with van der Waals surface area (Å²) in [5.74, 6) is 1.25. The number of rotatable bonds is 5. The molecule has 0 atom stereocenters. The van der Waals surface area contributed by atoms with Crippen LogP contribution in [-0.2, 0) is 18.6 Å². The fraction of sp³-hybridized carbons (Fsp3) is 0.333. The van der Waals surface area contributed by atoms with Crippen LogP contribution in [-0.4, -0.2) is 20.2 Å². The zero-order chi connectivity index (χ0) is 20.7. The number of nitrogens with zero attached hydrogens (tertiary/aromatic N) is 3. The Balaban J connectivity index is 1.31. The summed E-state index contributed by atoms with van der Waals surface area (Å²) >= 11 is 4.73. The smallest absolute Gasteiger partial charge is 0.259 e. The van der Waals surface area contributed by atoms with Crippen molar-refractivity contribution < 1.29 is 0 Å². The Morgan fingerprint density at radius 2 is 2.03 bits per heavy atom. The van der Waals surface area contributed by atoms with Gasteiger partial charge < -0.3 is 10.3 Å². The summed E-state index contributed by atoms with van der Waals surface area (Å²) < 4.78 is 0.844. The lowest BCUT2D eigenvalue weighted by molar-refractivity contribution is 0.700. The molecule has 0 bridgehead atoms. The van der Waals surface area contributed by atoms with E-state index < -0.39 is 0 Å². The number of nitrogens with one attached hydrogen (secondary N) is 2. The Morgan fingerprint density at radius 3 is 2.93 bits per heavy atom. The highest BCUT2D eigenvalue weighted by Crippen LogP contribution is 2.34. The fourth-order valence-electron chi connectivity index (χ4n) is 3.73. The zero-order valence-electron chi connectivity index (χ0n) is 16.7. The molecule has 6 nitrogen and oxygen atoms in total. The van der Waals surface area contributed by atoms with Crippen LogP contribution in [0.5, 0.6) is 0 Å². The highest BCUT2D eigenvalue weighted by molar-refractivity contribution is 8.00. The molecule has 0 amide bonds. The van der Waals surface area contributed by atoms with Gasteiger partial charge in [-0.25, -0.2) is 4.98 Å². The molecule has 9 heteroatoms. The van der Waals surface area contributed by atoms with Gasteiger partial charge in [-0.05, 0) is 62.3 Å². The maximum atomic E-state index is 12.7. The topological polar surface area (TPSA) is 83.6 Å². The number of aromatic nitrogens is 4. The zero-order valence-corrected chi connectivity index (χ0v) is 19.2. The number of thiophene rings is 1. The Hall–Kier alpha value is -2.23. The van der Waals surface area contributed by atoms with Crippen LogP contribution in [0, 0.1) is 13.8 Å². The maximum Gasteiger partial charge on any atom is 0.259 e. The van der Waals surface area contributed by atoms with Gasteiger partial charge in [-0.3, -0.25) is 4.79 Å². The van der Waals surface area contributed by atoms with Crippen LogP contribution in [0.3, 0.4) is 0 Å². The summed E-state index contributed by atoms with van der Waals surface area (Å²) in [6.07, 6.45) is 4.43. The molecule has 3 heterocycles. The summed E-state index contributed by atoms with van der Waals surface area (Å²) in [6.45, 7) is 4.19. The largest absolute Gasteiger partial charge is 0.330 e. The van der Waals surface area contributed by atoms with E-state index >= 15 is 0 Å². The van der Waals surface area contributed by atoms with E-state index in [-0.39, 0.29) is 5.56 Å². The standard InChI is InChI=1S/C21H21N5OS3/c1-11-6-5-8-14(12(11)2)22-20-25-26-21(30-20)28-10-16-23-18(27)17-13-7-3-4-9-15(13)29-19(17)24-16/h5-6,8H,3-4,7,9-10H2,1-2H3,(H,22,25)(H,23,24,27). The minimum atomic E-state index is -0.00968. The van der Waals surface area contributed by atoms with E-state index in [1.807, 2.05) is 12.1 Å². The second kappa shape index (κ2) is 8.13. The first-order chi connectivity index (χ1) is 14.6. The van der Waals surface area contributed by atoms with Crippen molar-refractivity contribution in [2.75, 3.05) is 5.32 Å². The third-order valence-corrected chi connectivity index (χ3v) is 8.63. The van der Waals surface area contributed by atoms with E-state index in [1.165, 1.54) is 39.3 Å². The van der Waals surface area contributed by atoms with E-state index in [0.717, 1.165) is 44.6 Å². The summed E-state index contributed by atoms with van der Waals surface area (Å²) in [4.78, 5) is 22.6. The predicted molar refractivity (Wildman–Crippen MR) is 126 cm³/mol. The molecule has 1 aliphatic carbocycles. The van der Waals surface area contributed by atoms with Crippen LogP contribution >= 0.6 is 34.4 Å². The molecule has 0 fully saturated rings. The average Bonchev–Trinajstić information content (AvgIpc) is 3.34. The SMILES string of the molecule is Cc1cccc(Nc2nnc(SCc3nc4sc5c(c4c(=O)[nH]3)CCCC5)s2)c1C. The maximum absolute atomic E-state index is 12.7. The van der Waals surface area contributed by atoms with Crippen LogP contribution in [0.15, 0.2) is 27.3 Å². The first-order valence-electron chi connectivity index (χ1n) is 9.91. The van der Waals surface area contributed by atoms with E-state index in [0.29, 0.717) is 11.6 Å². The van der Waals surface area contributed by atoms with Gasteiger partial charge in [-0.1, -0.05) is 35.2 Å². The van der Waals surface area contributed by atoms with Gasteiger partial charge in [0, 0.05) is 10.6 Å². The number of H-pyrrole nitrogens is 1. The minimum Gasteiger partial charge on any atom is -0.330 e. The van der Waals surface area contributed by atoms with Crippen molar-refractivity contribution in [3.8, 4) is 0 Å². The summed E-state index contributed by atoms with van der Waals surface area (Å²) in [6, 6.07) is 6.17. The van der Waals surface area contributed by atoms with Crippen LogP contribution < -0.4 is 10.9 Å². The van der Waals surface area contributed by atoms with E-state index in [2.05, 4.69) is 40.4 Å². The summed E-state index contributed by atoms with van der Waals surface area (Å²) in [5.41, 5.74) is 4.70. The Labute approximate surface area is 186 Å². The van der Waals surface area contributed by atoms with Crippen molar-refractivity contribution in [3.05, 3.63) is 55.9 Å². The van der Waals surface area contributed by atoms with Crippen molar-refractivity contribution in [1.29, 1.82) is 0 Å². The van der Waals surface area contributed by atoms with Gasteiger partial charge in [0.25, 0.3) is 5.56 Å². The van der Waals surface area contributed by atoms with Gasteiger partial charge in [0.15, 0.2) is 4.34 Å². The number of fused-ring (bicyclic) bond motifs is 3. The van der Waals surface area contributed by atoms with Gasteiger partial charge in [0.1, 0.15) is 10.7 Å². The molecule has 0 radical (unpaired) electrons. The molecule has 0 aliphatic heterocycles. The minimum absolute atomic E-state index is 0.00968. The van der Waals surface area contributed by atoms with Gasteiger partial charge in [0.2, 0.25) is 5.13 Å². The van der Waals surface area contributed by atoms with Crippen LogP contribution in [0.1, 0.15) is 40.2 Å². The molecule has 1 aliphatic rings. The van der Waals surface area contributed by atoms with Crippen molar-refractivity contribution >= 4 is 55.5 Å². The fourth-order valence-corrected chi connectivity index (χ4v) is 6.64. The summed E-state index contributed by atoms with van der Waals surface area (Å²) in [5, 5.41) is 13.4. The Morgan fingerprint density at radius 1 is 1.17 bits per heavy atom. The van der Waals surface area contributed by atoms with Gasteiger partial charge in [-0.2, -0.15) is 0 Å². The van der Waals surface area contributed by atoms with Gasteiger partial charge in [0.05, 0.1) is 11.1 Å². The molecule has 5 rings (SSSR count). The molecule has 1 aromatic carbocycles. The third-order valence-electron chi connectivity index (χ3n) is 5.46. The third kappa shape index (κ3) is 3.77. The number of anilines is 2. The molecule has 3 aromatic heterocycles. The lowest BCUT2D eigenvalue weighted by atomic mass is 9.97. The number of benzene rings is 1. The molecule has 0 saturated carbocycles. The summed E-state index contributed by atoms with van der Waals surface area (Å²) in [7, 11) is 0. The van der Waals surface area contributed by atoms with Gasteiger partial charge >= 0.3 is 0 Å². The number of aromatic amines is 1. The normalized spacial score (nSPS) is 13.5. The van der Waals surface area contributed by atoms with E-state index in [9.17, 15) is 4.79 Å². The van der Waals surface area contributed by atoms with Crippen molar-refractivity contribution in [2.24, 2.45) is 0 Å². The second-order valence-electron chi connectivity index (χ2n) is 7.44. The average molecular weight is 456 g/mol. The molecule has 0 saturated heterocycles. The quantitative estimate of drug-likeness (QED) is 0.394. The predicted octanol–water partition coefficient (Wildman–Crippen LogP) is 5.37. The lowest BCUT2D eigenvalue weighted by Crippen LogP contribution is -2.12. The molecular formula is C21H21N5OS3. The van der Waals surface area contributed by atoms with Crippen molar-refractivity contribution in [3.63, 3.8) is 0 Å². The van der Waals surface area contributed by atoms with Crippen molar-refractivity contribution in [1.82, 2.24) is 20.2 Å².